The van der Waals surface area contributed by atoms with Gasteiger partial charge in [0.05, 0.1) is 29.2 Å². The third-order valence-electron chi connectivity index (χ3n) is 5.82. The Morgan fingerprint density at radius 1 is 1.24 bits per heavy atom. The van der Waals surface area contributed by atoms with Crippen LogP contribution in [-0.2, 0) is 19.8 Å². The predicted molar refractivity (Wildman–Crippen MR) is 117 cm³/mol. The van der Waals surface area contributed by atoms with E-state index in [1.807, 2.05) is 6.92 Å². The van der Waals surface area contributed by atoms with Crippen LogP contribution in [0.25, 0.3) is 22.4 Å². The average molecular weight is 481 g/mol. The molecule has 0 saturated heterocycles. The van der Waals surface area contributed by atoms with Gasteiger partial charge in [0.15, 0.2) is 0 Å². The second kappa shape index (κ2) is 8.00. The predicted octanol–water partition coefficient (Wildman–Crippen LogP) is 5.60. The van der Waals surface area contributed by atoms with E-state index in [0.29, 0.717) is 39.6 Å². The highest BCUT2D eigenvalue weighted by Crippen LogP contribution is 2.42. The minimum absolute atomic E-state index is 0.0151. The van der Waals surface area contributed by atoms with E-state index in [0.717, 1.165) is 16.7 Å². The van der Waals surface area contributed by atoms with Crippen LogP contribution >= 0.6 is 0 Å². The molecule has 0 amide bonds. The van der Waals surface area contributed by atoms with Gasteiger partial charge < -0.3 is 19.8 Å². The van der Waals surface area contributed by atoms with E-state index in [1.165, 1.54) is 4.57 Å². The second-order valence-corrected chi connectivity index (χ2v) is 8.14. The lowest BCUT2D eigenvalue weighted by Crippen LogP contribution is -2.25. The van der Waals surface area contributed by atoms with Crippen LogP contribution in [0.15, 0.2) is 37.4 Å². The van der Waals surface area contributed by atoms with Gasteiger partial charge in [0.25, 0.3) is 6.43 Å². The molecule has 1 aliphatic rings. The number of rotatable bonds is 5. The fraction of sp³-hybridized carbons (Fsp3) is 0.261. The van der Waals surface area contributed by atoms with Gasteiger partial charge in [-0.05, 0) is 31.2 Å². The molecule has 0 radical (unpaired) electrons. The quantitative estimate of drug-likeness (QED) is 0.416. The number of imidazole rings is 1. The molecular weight excluding hydrogens is 460 g/mol. The molecule has 0 saturated carbocycles. The van der Waals surface area contributed by atoms with Gasteiger partial charge in [-0.3, -0.25) is 5.41 Å². The highest BCUT2D eigenvalue weighted by Gasteiger charge is 2.33. The number of fused-ring (bicyclic) bond motifs is 3. The first-order chi connectivity index (χ1) is 15.8. The molecule has 5 nitrogen and oxygen atoms in total. The zero-order chi connectivity index (χ0) is 25.1. The number of anilines is 1. The highest BCUT2D eigenvalue weighted by atomic mass is 19.4. The number of nitrogens with one attached hydrogen (secondary N) is 3. The highest BCUT2D eigenvalue weighted by molar-refractivity contribution is 5.98. The van der Waals surface area contributed by atoms with Crippen LogP contribution in [-0.4, -0.2) is 15.6 Å². The lowest BCUT2D eigenvalue weighted by molar-refractivity contribution is -0.137. The van der Waals surface area contributed by atoms with Crippen molar-refractivity contribution >= 4 is 28.1 Å². The van der Waals surface area contributed by atoms with E-state index in [9.17, 15) is 26.3 Å². The molecule has 1 aromatic heterocycles. The van der Waals surface area contributed by atoms with Crippen LogP contribution in [0.3, 0.4) is 0 Å². The van der Waals surface area contributed by atoms with Crippen LogP contribution in [0.2, 0.25) is 0 Å². The van der Waals surface area contributed by atoms with Gasteiger partial charge in [-0.15, -0.1) is 0 Å². The molecule has 34 heavy (non-hydrogen) atoms. The first-order valence-corrected chi connectivity index (χ1v) is 10.2. The Labute approximate surface area is 190 Å². The normalized spacial score (nSPS) is 15.7. The molecule has 4 rings (SSSR count). The van der Waals surface area contributed by atoms with Gasteiger partial charge in [-0.25, -0.2) is 13.2 Å². The number of hydrogen-bond donors (Lipinski definition) is 3. The fourth-order valence-electron chi connectivity index (χ4n) is 4.37. The summed E-state index contributed by atoms with van der Waals surface area (Å²) in [5, 5.41) is 14.4. The maximum Gasteiger partial charge on any atom is 0.416 e. The molecule has 1 atom stereocenters. The van der Waals surface area contributed by atoms with Gasteiger partial charge in [-0.2, -0.15) is 13.2 Å². The molecule has 3 N–H and O–H groups in total. The monoisotopic (exact) mass is 481 g/mol. The van der Waals surface area contributed by atoms with Gasteiger partial charge in [0.1, 0.15) is 5.82 Å². The van der Waals surface area contributed by atoms with Crippen molar-refractivity contribution in [2.24, 2.45) is 7.05 Å². The van der Waals surface area contributed by atoms with Crippen molar-refractivity contribution in [1.82, 2.24) is 14.5 Å². The minimum atomic E-state index is -4.75. The Morgan fingerprint density at radius 2 is 1.91 bits per heavy atom. The smallest absolute Gasteiger partial charge is 0.378 e. The molecule has 0 bridgehead atoms. The number of aryl methyl sites for hydroxylation is 1. The van der Waals surface area contributed by atoms with Gasteiger partial charge >= 0.3 is 6.18 Å². The van der Waals surface area contributed by atoms with E-state index in [2.05, 4.69) is 23.8 Å². The molecule has 11 heteroatoms. The van der Waals surface area contributed by atoms with Crippen LogP contribution < -0.4 is 16.3 Å². The lowest BCUT2D eigenvalue weighted by atomic mass is 9.99. The Bertz CT molecular complexity index is 1400. The summed E-state index contributed by atoms with van der Waals surface area (Å²) in [6, 6.07) is 3.35. The van der Waals surface area contributed by atoms with E-state index >= 15 is 0 Å². The lowest BCUT2D eigenvalue weighted by Gasteiger charge is -2.18. The molecule has 0 spiro atoms. The Kier molecular flexibility index (Phi) is 5.53. The van der Waals surface area contributed by atoms with Crippen LogP contribution in [0.5, 0.6) is 0 Å². The zero-order valence-corrected chi connectivity index (χ0v) is 18.2. The van der Waals surface area contributed by atoms with Gasteiger partial charge in [0.2, 0.25) is 5.62 Å². The van der Waals surface area contributed by atoms with Crippen molar-refractivity contribution in [3.05, 3.63) is 71.1 Å². The standard InChI is InChI=1S/C23H21F6N5/c1-10(13-5-14(23(27,28)29)7-15(24)6-13)32-16-8-17-21(20-12(3)31-11(2)19(16)20)33(4)22(30)34(17)9-18(25)26/h5-8,11,18,30-32H,1,3,9H2,2,4H3. The average Bonchev–Trinajstić information content (AvgIpc) is 3.14. The van der Waals surface area contributed by atoms with Gasteiger partial charge in [-0.1, -0.05) is 13.2 Å². The van der Waals surface area contributed by atoms with Crippen LogP contribution in [0.1, 0.15) is 35.2 Å². The molecule has 2 aromatic carbocycles. The molecule has 1 unspecified atom stereocenters. The molecule has 2 heterocycles. The fourth-order valence-corrected chi connectivity index (χ4v) is 4.37. The molecular formula is C23H21F6N5. The Hall–Kier alpha value is -3.63. The zero-order valence-electron chi connectivity index (χ0n) is 18.2. The van der Waals surface area contributed by atoms with E-state index < -0.39 is 30.5 Å². The summed E-state index contributed by atoms with van der Waals surface area (Å²) in [6.07, 6.45) is -7.46. The van der Waals surface area contributed by atoms with Crippen molar-refractivity contribution in [3.8, 4) is 0 Å². The van der Waals surface area contributed by atoms with Crippen molar-refractivity contribution < 1.29 is 26.3 Å². The summed E-state index contributed by atoms with van der Waals surface area (Å²) < 4.78 is 82.5. The van der Waals surface area contributed by atoms with Gasteiger partial charge in [0, 0.05) is 40.8 Å². The summed E-state index contributed by atoms with van der Waals surface area (Å²) in [5.74, 6) is -1.08. The summed E-state index contributed by atoms with van der Waals surface area (Å²) in [6.45, 7) is 8.88. The Morgan fingerprint density at radius 3 is 2.53 bits per heavy atom. The van der Waals surface area contributed by atoms with Crippen molar-refractivity contribution in [2.75, 3.05) is 5.32 Å². The number of benzene rings is 2. The minimum Gasteiger partial charge on any atom is -0.378 e. The maximum absolute atomic E-state index is 13.9. The summed E-state index contributed by atoms with van der Waals surface area (Å²) in [4.78, 5) is 0. The van der Waals surface area contributed by atoms with Crippen LogP contribution in [0.4, 0.5) is 32.0 Å². The molecule has 3 aromatic rings. The topological polar surface area (TPSA) is 57.8 Å². The van der Waals surface area contributed by atoms with Crippen molar-refractivity contribution in [2.45, 2.75) is 32.1 Å². The molecule has 1 aliphatic heterocycles. The van der Waals surface area contributed by atoms with Crippen molar-refractivity contribution in [1.29, 1.82) is 5.41 Å². The Balaban J connectivity index is 1.90. The van der Waals surface area contributed by atoms with E-state index in [4.69, 9.17) is 5.41 Å². The largest absolute Gasteiger partial charge is 0.416 e. The van der Waals surface area contributed by atoms with E-state index in [1.54, 1.807) is 13.1 Å². The van der Waals surface area contributed by atoms with Crippen molar-refractivity contribution in [3.63, 3.8) is 0 Å². The summed E-state index contributed by atoms with van der Waals surface area (Å²) in [7, 11) is 1.58. The summed E-state index contributed by atoms with van der Waals surface area (Å²) >= 11 is 0. The van der Waals surface area contributed by atoms with E-state index in [-0.39, 0.29) is 22.9 Å². The molecule has 180 valence electrons. The van der Waals surface area contributed by atoms with Crippen LogP contribution in [0, 0.1) is 11.2 Å². The third-order valence-corrected chi connectivity index (χ3v) is 5.82. The summed E-state index contributed by atoms with van der Waals surface area (Å²) in [5.41, 5.74) is 1.54. The SMILES string of the molecule is C=C(Nc1cc2c(c3c1C(C)NC3=C)n(C)c(=N)n2CC(F)F)c1cc(F)cc(C(F)(F)F)c1. The first kappa shape index (κ1) is 23.5. The second-order valence-electron chi connectivity index (χ2n) is 8.14. The number of halogens is 6. The first-order valence-electron chi connectivity index (χ1n) is 10.2. The maximum atomic E-state index is 13.9. The molecule has 0 aliphatic carbocycles. The molecule has 0 fully saturated rings. The number of hydrogen-bond acceptors (Lipinski definition) is 3. The number of aromatic nitrogens is 2. The number of nitrogens with zero attached hydrogens (tertiary/aromatic N) is 2. The third kappa shape index (κ3) is 3.84. The number of alkyl halides is 5.